The fourth-order valence-corrected chi connectivity index (χ4v) is 2.82. The highest BCUT2D eigenvalue weighted by Gasteiger charge is 2.09. The maximum Gasteiger partial charge on any atom is 0.274 e. The molecule has 7 heteroatoms. The Kier molecular flexibility index (Phi) is 6.63. The minimum atomic E-state index is -0.626. The first-order chi connectivity index (χ1) is 13.5. The molecule has 0 spiro atoms. The van der Waals surface area contributed by atoms with E-state index in [2.05, 4.69) is 10.5 Å². The molecule has 3 rings (SSSR count). The number of halogens is 3. The fraction of sp³-hybridized carbons (Fsp3) is 0.0476. The number of hydrogen-bond donors (Lipinski definition) is 1. The first kappa shape index (κ1) is 19.9. The highest BCUT2D eigenvalue weighted by atomic mass is 35.5. The van der Waals surface area contributed by atoms with Crippen LogP contribution in [0.3, 0.4) is 0 Å². The van der Waals surface area contributed by atoms with Crippen LogP contribution in [0.4, 0.5) is 4.39 Å². The van der Waals surface area contributed by atoms with Gasteiger partial charge >= 0.3 is 0 Å². The number of hydrazone groups is 1. The van der Waals surface area contributed by atoms with Crippen LogP contribution < -0.4 is 10.2 Å². The molecule has 0 radical (unpaired) electrons. The van der Waals surface area contributed by atoms with Crippen LogP contribution >= 0.6 is 23.2 Å². The summed E-state index contributed by atoms with van der Waals surface area (Å²) < 4.78 is 19.3. The quantitative estimate of drug-likeness (QED) is 0.427. The number of amides is 1. The molecular weight excluding hydrogens is 402 g/mol. The highest BCUT2D eigenvalue weighted by molar-refractivity contribution is 6.35. The van der Waals surface area contributed by atoms with E-state index < -0.39 is 11.7 Å². The molecular formula is C21H15Cl2FN2O2. The van der Waals surface area contributed by atoms with E-state index in [1.54, 1.807) is 48.5 Å². The van der Waals surface area contributed by atoms with E-state index >= 15 is 0 Å². The first-order valence-corrected chi connectivity index (χ1v) is 9.03. The van der Waals surface area contributed by atoms with Crippen molar-refractivity contribution in [1.29, 1.82) is 0 Å². The normalized spacial score (nSPS) is 10.8. The lowest BCUT2D eigenvalue weighted by atomic mass is 10.2. The average molecular weight is 417 g/mol. The summed E-state index contributed by atoms with van der Waals surface area (Å²) in [5.41, 5.74) is 3.74. The Morgan fingerprint density at radius 1 is 1.07 bits per heavy atom. The SMILES string of the molecule is O=C(N/N=C/c1cccc(OCc2ccc(Cl)cc2Cl)c1)c1ccccc1F. The Hall–Kier alpha value is -2.89. The van der Waals surface area contributed by atoms with Crippen molar-refractivity contribution in [3.8, 4) is 5.75 Å². The van der Waals surface area contributed by atoms with Crippen LogP contribution in [-0.4, -0.2) is 12.1 Å². The summed E-state index contributed by atoms with van der Waals surface area (Å²) in [6, 6.07) is 18.0. The number of benzene rings is 3. The number of carbonyl (C=O) groups excluding carboxylic acids is 1. The lowest BCUT2D eigenvalue weighted by Crippen LogP contribution is -2.18. The second kappa shape index (κ2) is 9.35. The van der Waals surface area contributed by atoms with Gasteiger partial charge in [0.05, 0.1) is 11.8 Å². The monoisotopic (exact) mass is 416 g/mol. The number of rotatable bonds is 6. The van der Waals surface area contributed by atoms with Crippen molar-refractivity contribution in [2.45, 2.75) is 6.61 Å². The molecule has 4 nitrogen and oxygen atoms in total. The second-order valence-electron chi connectivity index (χ2n) is 5.78. The molecule has 0 fully saturated rings. The molecule has 0 aliphatic rings. The zero-order valence-corrected chi connectivity index (χ0v) is 16.0. The fourth-order valence-electron chi connectivity index (χ4n) is 2.36. The summed E-state index contributed by atoms with van der Waals surface area (Å²) in [6.07, 6.45) is 1.45. The van der Waals surface area contributed by atoms with E-state index in [9.17, 15) is 9.18 Å². The van der Waals surface area contributed by atoms with Crippen LogP contribution in [0.2, 0.25) is 10.0 Å². The molecule has 0 aliphatic heterocycles. The Morgan fingerprint density at radius 2 is 1.89 bits per heavy atom. The number of carbonyl (C=O) groups is 1. The maximum atomic E-state index is 13.6. The molecule has 0 heterocycles. The molecule has 0 unspecified atom stereocenters. The van der Waals surface area contributed by atoms with Gasteiger partial charge in [-0.3, -0.25) is 4.79 Å². The number of hydrogen-bond acceptors (Lipinski definition) is 3. The van der Waals surface area contributed by atoms with Crippen molar-refractivity contribution < 1.29 is 13.9 Å². The Labute approximate surface area is 171 Å². The first-order valence-electron chi connectivity index (χ1n) is 8.27. The smallest absolute Gasteiger partial charge is 0.274 e. The summed E-state index contributed by atoms with van der Waals surface area (Å²) in [4.78, 5) is 11.9. The van der Waals surface area contributed by atoms with Gasteiger partial charge in [0.25, 0.3) is 5.91 Å². The molecule has 0 bridgehead atoms. The Morgan fingerprint density at radius 3 is 2.68 bits per heavy atom. The zero-order chi connectivity index (χ0) is 19.9. The van der Waals surface area contributed by atoms with Gasteiger partial charge in [0, 0.05) is 15.6 Å². The Balaban J connectivity index is 1.60. The minimum Gasteiger partial charge on any atom is -0.489 e. The van der Waals surface area contributed by atoms with Crippen LogP contribution in [0.15, 0.2) is 71.8 Å². The molecule has 0 saturated carbocycles. The maximum absolute atomic E-state index is 13.6. The molecule has 3 aromatic rings. The predicted octanol–water partition coefficient (Wildman–Crippen LogP) is 5.48. The summed E-state index contributed by atoms with van der Waals surface area (Å²) in [5.74, 6) is -0.624. The number of ether oxygens (including phenoxy) is 1. The van der Waals surface area contributed by atoms with Crippen molar-refractivity contribution in [2.24, 2.45) is 5.10 Å². The molecule has 0 saturated heterocycles. The van der Waals surface area contributed by atoms with Gasteiger partial charge in [-0.05, 0) is 42.0 Å². The van der Waals surface area contributed by atoms with E-state index in [0.717, 1.165) is 5.56 Å². The van der Waals surface area contributed by atoms with Gasteiger partial charge in [-0.2, -0.15) is 5.10 Å². The second-order valence-corrected chi connectivity index (χ2v) is 6.62. The minimum absolute atomic E-state index is 0.0726. The van der Waals surface area contributed by atoms with Crippen LogP contribution in [0.25, 0.3) is 0 Å². The van der Waals surface area contributed by atoms with Gasteiger partial charge < -0.3 is 4.74 Å². The lowest BCUT2D eigenvalue weighted by molar-refractivity contribution is 0.0951. The van der Waals surface area contributed by atoms with Crippen molar-refractivity contribution >= 4 is 35.3 Å². The molecule has 1 N–H and O–H groups in total. The van der Waals surface area contributed by atoms with Crippen LogP contribution in [0.1, 0.15) is 21.5 Å². The van der Waals surface area contributed by atoms with E-state index in [4.69, 9.17) is 27.9 Å². The van der Waals surface area contributed by atoms with Gasteiger partial charge in [-0.15, -0.1) is 0 Å². The Bertz CT molecular complexity index is 1020. The average Bonchev–Trinajstić information content (AvgIpc) is 2.68. The third-order valence-electron chi connectivity index (χ3n) is 3.77. The van der Waals surface area contributed by atoms with Crippen molar-refractivity contribution in [2.75, 3.05) is 0 Å². The van der Waals surface area contributed by atoms with Crippen LogP contribution in [0.5, 0.6) is 5.75 Å². The molecule has 1 amide bonds. The summed E-state index contributed by atoms with van der Waals surface area (Å²) in [7, 11) is 0. The van der Waals surface area contributed by atoms with Crippen LogP contribution in [0, 0.1) is 5.82 Å². The summed E-state index contributed by atoms with van der Waals surface area (Å²) >= 11 is 12.0. The third kappa shape index (κ3) is 5.31. The van der Waals surface area contributed by atoms with Gasteiger partial charge in [-0.25, -0.2) is 9.82 Å². The third-order valence-corrected chi connectivity index (χ3v) is 4.35. The largest absolute Gasteiger partial charge is 0.489 e. The topological polar surface area (TPSA) is 50.7 Å². The van der Waals surface area contributed by atoms with Gasteiger partial charge in [0.15, 0.2) is 0 Å². The van der Waals surface area contributed by atoms with Crippen molar-refractivity contribution in [3.63, 3.8) is 0 Å². The van der Waals surface area contributed by atoms with E-state index in [1.807, 2.05) is 0 Å². The summed E-state index contributed by atoms with van der Waals surface area (Å²) in [5, 5.41) is 4.95. The molecule has 3 aromatic carbocycles. The van der Waals surface area contributed by atoms with Crippen molar-refractivity contribution in [3.05, 3.63) is 99.3 Å². The van der Waals surface area contributed by atoms with Crippen LogP contribution in [-0.2, 0) is 6.61 Å². The molecule has 142 valence electrons. The number of nitrogens with zero attached hydrogens (tertiary/aromatic N) is 1. The standard InChI is InChI=1S/C21H15Cl2FN2O2/c22-16-9-8-15(19(23)11-16)13-28-17-5-3-4-14(10-17)12-25-26-21(27)18-6-1-2-7-20(18)24/h1-12H,13H2,(H,26,27)/b25-12+. The predicted molar refractivity (Wildman–Crippen MR) is 109 cm³/mol. The van der Waals surface area contributed by atoms with E-state index in [-0.39, 0.29) is 12.2 Å². The van der Waals surface area contributed by atoms with Gasteiger partial charge in [0.1, 0.15) is 18.2 Å². The molecule has 0 aliphatic carbocycles. The summed E-state index contributed by atoms with van der Waals surface area (Å²) in [6.45, 7) is 0.278. The van der Waals surface area contributed by atoms with E-state index in [1.165, 1.54) is 24.4 Å². The zero-order valence-electron chi connectivity index (χ0n) is 14.5. The molecule has 0 atom stereocenters. The van der Waals surface area contributed by atoms with Gasteiger partial charge in [0.2, 0.25) is 0 Å². The molecule has 28 heavy (non-hydrogen) atoms. The van der Waals surface area contributed by atoms with Gasteiger partial charge in [-0.1, -0.05) is 53.5 Å². The number of nitrogens with one attached hydrogen (secondary N) is 1. The lowest BCUT2D eigenvalue weighted by Gasteiger charge is -2.08. The van der Waals surface area contributed by atoms with E-state index in [0.29, 0.717) is 21.4 Å². The molecule has 0 aromatic heterocycles. The highest BCUT2D eigenvalue weighted by Crippen LogP contribution is 2.23. The van der Waals surface area contributed by atoms with Crippen molar-refractivity contribution in [1.82, 2.24) is 5.43 Å².